The quantitative estimate of drug-likeness (QED) is 0.125. The van der Waals surface area contributed by atoms with Gasteiger partial charge in [-0.2, -0.15) is 0 Å². The molecule has 0 aliphatic heterocycles. The van der Waals surface area contributed by atoms with E-state index >= 15 is 0 Å². The minimum absolute atomic E-state index is 0.0972. The number of aromatic nitrogens is 2. The van der Waals surface area contributed by atoms with Crippen molar-refractivity contribution in [3.63, 3.8) is 0 Å². The van der Waals surface area contributed by atoms with Gasteiger partial charge in [-0.05, 0) is 24.7 Å². The van der Waals surface area contributed by atoms with Crippen LogP contribution in [0.3, 0.4) is 0 Å². The van der Waals surface area contributed by atoms with Gasteiger partial charge in [0.15, 0.2) is 0 Å². The number of imidazole rings is 1. The molecule has 1 heterocycles. The Morgan fingerprint density at radius 1 is 0.648 bits per heavy atom. The van der Waals surface area contributed by atoms with E-state index in [1.54, 1.807) is 41.5 Å². The van der Waals surface area contributed by atoms with Gasteiger partial charge in [0, 0.05) is 44.7 Å². The number of ether oxygens (including phenoxy) is 5. The van der Waals surface area contributed by atoms with Crippen LogP contribution in [0.5, 0.6) is 0 Å². The molecule has 0 saturated carbocycles. The molecule has 0 bridgehead atoms. The van der Waals surface area contributed by atoms with E-state index < -0.39 is 40.7 Å². The van der Waals surface area contributed by atoms with Crippen molar-refractivity contribution in [3.8, 4) is 0 Å². The summed E-state index contributed by atoms with van der Waals surface area (Å²) in [6.07, 6.45) is 5.15. The topological polar surface area (TPSA) is 187 Å². The van der Waals surface area contributed by atoms with Crippen molar-refractivity contribution in [3.05, 3.63) is 18.7 Å². The van der Waals surface area contributed by atoms with Crippen molar-refractivity contribution in [2.75, 3.05) is 39.6 Å². The van der Waals surface area contributed by atoms with Gasteiger partial charge in [-0.15, -0.1) is 0 Å². The molecule has 1 rings (SSSR count). The van der Waals surface area contributed by atoms with Crippen LogP contribution in [0.15, 0.2) is 18.7 Å². The normalized spacial score (nSPS) is 11.5. The Hall–Kier alpha value is -0.160. The predicted molar refractivity (Wildman–Crippen MR) is 237 cm³/mol. The molecule has 0 aliphatic carbocycles. The van der Waals surface area contributed by atoms with Crippen LogP contribution in [0.25, 0.3) is 0 Å². The molecule has 1 aromatic rings. The van der Waals surface area contributed by atoms with Gasteiger partial charge >= 0.3 is 107 Å². The first-order valence-electron chi connectivity index (χ1n) is 17.0. The Kier molecular flexibility index (Phi) is 33.2. The number of carbonyl (C=O) groups excluding carboxylic acids is 6. The molecule has 0 unspecified atom stereocenters. The molecule has 14 nitrogen and oxygen atoms in total. The molecule has 0 radical (unpaired) electrons. The summed E-state index contributed by atoms with van der Waals surface area (Å²) in [5.74, 6) is -2.57. The minimum atomic E-state index is -1.21. The summed E-state index contributed by atoms with van der Waals surface area (Å²) >= 11 is 8.37. The van der Waals surface area contributed by atoms with Crippen molar-refractivity contribution in [1.29, 1.82) is 0 Å². The number of halogens is 5. The van der Waals surface area contributed by atoms with Gasteiger partial charge in [-0.25, -0.2) is 4.98 Å². The number of nitrogens with zero attached hydrogens (tertiary/aromatic N) is 2. The fourth-order valence-electron chi connectivity index (χ4n) is 2.84. The van der Waals surface area contributed by atoms with E-state index in [1.807, 2.05) is 41.5 Å². The van der Waals surface area contributed by atoms with Crippen molar-refractivity contribution in [2.24, 2.45) is 21.7 Å². The Balaban J connectivity index is -0.000000754. The Labute approximate surface area is 364 Å². The molecule has 54 heavy (non-hydrogen) atoms. The van der Waals surface area contributed by atoms with Crippen LogP contribution in [-0.4, -0.2) is 90.1 Å². The average molecular weight is 1340 g/mol. The predicted octanol–water partition coefficient (Wildman–Crippen LogP) is 5.50. The van der Waals surface area contributed by atoms with Crippen LogP contribution >= 0.6 is 63.7 Å². The maximum atomic E-state index is 12.5. The standard InChI is InChI=1S/C16H28O6.C14H20N2O5.C5H12O.I5/c1-7-12(17)20-10-16(6,11-21-13(18)8-2)14(19)22-9-15(3,4)5;1-4-11(17)20-8-14(3,9-21-12(18)5-2)13(19)16-7-6-15-10-16;1-5(2,3)4-6;1-4-5(2)3/h7-11H2,1-6H3;6-7,10H,4-5,8-9H2,1-3H3;6H,4H2,1-3H3;/q;;;-1. The first kappa shape index (κ1) is 58.2. The molecule has 0 aliphatic rings. The summed E-state index contributed by atoms with van der Waals surface area (Å²) in [7, 11) is -0.245. The Morgan fingerprint density at radius 2 is 0.981 bits per heavy atom. The van der Waals surface area contributed by atoms with Crippen LogP contribution in [0.1, 0.15) is 114 Å². The summed E-state index contributed by atoms with van der Waals surface area (Å²) in [4.78, 5) is 73.8. The van der Waals surface area contributed by atoms with E-state index in [9.17, 15) is 28.8 Å². The molecule has 1 aromatic heterocycles. The van der Waals surface area contributed by atoms with E-state index in [1.165, 1.54) is 23.3 Å². The third-order valence-corrected chi connectivity index (χ3v) is 88.9. The molecule has 318 valence electrons. The van der Waals surface area contributed by atoms with Crippen molar-refractivity contribution in [2.45, 2.75) is 109 Å². The van der Waals surface area contributed by atoms with Crippen LogP contribution in [0, 0.1) is 21.7 Å². The second kappa shape index (κ2) is 30.9. The number of aliphatic hydroxyl groups excluding tert-OH is 1. The molecular weight excluding hydrogens is 1270 g/mol. The summed E-state index contributed by atoms with van der Waals surface area (Å²) in [6.45, 7) is 21.4. The van der Waals surface area contributed by atoms with E-state index in [2.05, 4.69) is 60.8 Å². The van der Waals surface area contributed by atoms with E-state index in [0.29, 0.717) is 13.3 Å². The number of carbonyl (C=O) groups is 6. The number of rotatable bonds is 16. The zero-order chi connectivity index (χ0) is 42.8. The first-order valence-corrected chi connectivity index (χ1v) is 42.2. The van der Waals surface area contributed by atoms with E-state index in [0.717, 1.165) is 0 Å². The zero-order valence-corrected chi connectivity index (χ0v) is 44.3. The molecule has 0 aromatic carbocycles. The molecule has 0 saturated heterocycles. The first-order chi connectivity index (χ1) is 24.8. The van der Waals surface area contributed by atoms with Crippen LogP contribution < -0.4 is 13.3 Å². The fourth-order valence-corrected chi connectivity index (χ4v) is 2.84. The summed E-state index contributed by atoms with van der Waals surface area (Å²) in [5.41, 5.74) is -2.45. The molecule has 19 heteroatoms. The second-order valence-electron chi connectivity index (χ2n) is 14.5. The summed E-state index contributed by atoms with van der Waals surface area (Å²) in [6, 6.07) is 0. The number of esters is 5. The SMILES string of the molecule is CC(C)(C)CO.CCC(=O)OCC(C)(COC(=O)CC)C(=O)OCC(C)(C)C.CCC(=O)OCC(C)(COC(=O)CC)C(=O)n1ccnc1.I[I-]I(I)I. The van der Waals surface area contributed by atoms with Crippen LogP contribution in [0.2, 0.25) is 0 Å². The van der Waals surface area contributed by atoms with Crippen molar-refractivity contribution in [1.82, 2.24) is 9.55 Å². The molecule has 0 spiro atoms. The van der Waals surface area contributed by atoms with Crippen LogP contribution in [0.4, 0.5) is 0 Å². The van der Waals surface area contributed by atoms with Gasteiger partial charge in [0.05, 0.1) is 6.61 Å². The Morgan fingerprint density at radius 3 is 1.22 bits per heavy atom. The van der Waals surface area contributed by atoms with Gasteiger partial charge in [0.25, 0.3) is 0 Å². The molecule has 0 atom stereocenters. The number of hydrogen-bond acceptors (Lipinski definition) is 13. The molecule has 1 N–H and O–H groups in total. The van der Waals surface area contributed by atoms with E-state index in [4.69, 9.17) is 28.8 Å². The summed E-state index contributed by atoms with van der Waals surface area (Å²) in [5, 5.41) is 8.40. The van der Waals surface area contributed by atoms with Gasteiger partial charge in [-0.3, -0.25) is 33.3 Å². The molecule has 0 amide bonds. The van der Waals surface area contributed by atoms with Gasteiger partial charge in [-0.1, -0.05) is 69.2 Å². The number of hydrogen-bond donors (Lipinski definition) is 1. The maximum absolute atomic E-state index is 12.5. The fraction of sp³-hybridized carbons (Fsp3) is 0.743. The van der Waals surface area contributed by atoms with Gasteiger partial charge in [0.2, 0.25) is 5.91 Å². The monoisotopic (exact) mass is 1330 g/mol. The van der Waals surface area contributed by atoms with Crippen LogP contribution in [-0.2, 0) is 47.7 Å². The van der Waals surface area contributed by atoms with Crippen molar-refractivity contribution < 1.29 is 70.8 Å². The zero-order valence-electron chi connectivity index (χ0n) is 33.5. The summed E-state index contributed by atoms with van der Waals surface area (Å²) < 4.78 is 26.8. The average Bonchev–Trinajstić information content (AvgIpc) is 3.67. The number of aliphatic hydroxyl groups is 1. The third kappa shape index (κ3) is 30.9. The molecular formula is C35H60I5N2O12-. The Bertz CT molecular complexity index is 1210. The third-order valence-electron chi connectivity index (χ3n) is 6.26. The molecule has 0 fully saturated rings. The second-order valence-corrected chi connectivity index (χ2v) is 79.5. The van der Waals surface area contributed by atoms with E-state index in [-0.39, 0.29) is 90.0 Å². The van der Waals surface area contributed by atoms with Gasteiger partial charge in [0.1, 0.15) is 43.6 Å². The van der Waals surface area contributed by atoms with Crippen molar-refractivity contribution >= 4 is 99.5 Å². The van der Waals surface area contributed by atoms with Gasteiger partial charge < -0.3 is 28.8 Å².